The van der Waals surface area contributed by atoms with E-state index in [9.17, 15) is 0 Å². The number of rotatable bonds is 2. The molecule has 0 N–H and O–H groups in total. The minimum absolute atomic E-state index is 0.262. The number of aromatic nitrogens is 1. The first-order valence-electron chi connectivity index (χ1n) is 4.74. The Morgan fingerprint density at radius 3 is 2.71 bits per heavy atom. The van der Waals surface area contributed by atoms with Crippen molar-refractivity contribution in [3.63, 3.8) is 0 Å². The minimum Gasteiger partial charge on any atom is -0.473 e. The van der Waals surface area contributed by atoms with Gasteiger partial charge in [-0.25, -0.2) is 4.98 Å². The minimum atomic E-state index is 0.262. The van der Waals surface area contributed by atoms with Crippen molar-refractivity contribution < 1.29 is 4.74 Å². The van der Waals surface area contributed by atoms with Crippen molar-refractivity contribution in [2.75, 3.05) is 0 Å². The number of hydrogen-bond donors (Lipinski definition) is 0. The summed E-state index contributed by atoms with van der Waals surface area (Å²) in [6, 6.07) is 1.66. The summed E-state index contributed by atoms with van der Waals surface area (Å²) < 4.78 is 5.66. The average Bonchev–Trinajstić information content (AvgIpc) is 2.66. The van der Waals surface area contributed by atoms with Crippen molar-refractivity contribution in [2.45, 2.75) is 31.8 Å². The second kappa shape index (κ2) is 4.37. The van der Waals surface area contributed by atoms with E-state index >= 15 is 0 Å². The fraction of sp³-hybridized carbons (Fsp3) is 0.500. The van der Waals surface area contributed by atoms with Crippen LogP contribution in [0.2, 0.25) is 10.0 Å². The fourth-order valence-corrected chi connectivity index (χ4v) is 1.94. The van der Waals surface area contributed by atoms with Gasteiger partial charge in [-0.1, -0.05) is 23.2 Å². The summed E-state index contributed by atoms with van der Waals surface area (Å²) in [4.78, 5) is 4.06. The van der Waals surface area contributed by atoms with E-state index in [2.05, 4.69) is 4.98 Å². The zero-order chi connectivity index (χ0) is 9.97. The van der Waals surface area contributed by atoms with Gasteiger partial charge in [0.25, 0.3) is 0 Å². The second-order valence-electron chi connectivity index (χ2n) is 3.44. The highest BCUT2D eigenvalue weighted by Crippen LogP contribution is 2.32. The third-order valence-electron chi connectivity index (χ3n) is 2.39. The second-order valence-corrected chi connectivity index (χ2v) is 4.22. The Hall–Kier alpha value is -0.470. The summed E-state index contributed by atoms with van der Waals surface area (Å²) in [7, 11) is 0. The molecule has 1 aliphatic rings. The van der Waals surface area contributed by atoms with Crippen molar-refractivity contribution in [3.8, 4) is 5.88 Å². The van der Waals surface area contributed by atoms with E-state index < -0.39 is 0 Å². The molecule has 14 heavy (non-hydrogen) atoms. The van der Waals surface area contributed by atoms with Crippen LogP contribution in [0.4, 0.5) is 0 Å². The van der Waals surface area contributed by atoms with E-state index in [-0.39, 0.29) is 6.10 Å². The van der Waals surface area contributed by atoms with Crippen molar-refractivity contribution in [3.05, 3.63) is 22.3 Å². The fourth-order valence-electron chi connectivity index (χ4n) is 1.65. The van der Waals surface area contributed by atoms with Gasteiger partial charge in [-0.05, 0) is 31.7 Å². The smallest absolute Gasteiger partial charge is 0.234 e. The molecule has 0 radical (unpaired) electrons. The van der Waals surface area contributed by atoms with Gasteiger partial charge in [-0.2, -0.15) is 0 Å². The summed E-state index contributed by atoms with van der Waals surface area (Å²) >= 11 is 11.8. The molecule has 2 rings (SSSR count). The van der Waals surface area contributed by atoms with Gasteiger partial charge < -0.3 is 4.74 Å². The Morgan fingerprint density at radius 2 is 2.00 bits per heavy atom. The zero-order valence-corrected chi connectivity index (χ0v) is 9.18. The quantitative estimate of drug-likeness (QED) is 0.775. The zero-order valence-electron chi connectivity index (χ0n) is 7.67. The van der Waals surface area contributed by atoms with Crippen LogP contribution < -0.4 is 4.74 Å². The summed E-state index contributed by atoms with van der Waals surface area (Å²) in [6.07, 6.45) is 6.50. The third kappa shape index (κ3) is 2.12. The van der Waals surface area contributed by atoms with Crippen LogP contribution >= 0.6 is 23.2 Å². The summed E-state index contributed by atoms with van der Waals surface area (Å²) in [5, 5.41) is 0.913. The molecular formula is C10H11Cl2NO. The number of nitrogens with zero attached hydrogens (tertiary/aromatic N) is 1. The predicted molar refractivity (Wildman–Crippen MR) is 57.1 cm³/mol. The topological polar surface area (TPSA) is 22.1 Å². The predicted octanol–water partition coefficient (Wildman–Crippen LogP) is 3.71. The molecule has 1 fully saturated rings. The molecule has 76 valence electrons. The third-order valence-corrected chi connectivity index (χ3v) is 3.17. The van der Waals surface area contributed by atoms with Crippen molar-refractivity contribution in [2.24, 2.45) is 0 Å². The molecule has 1 aromatic heterocycles. The Balaban J connectivity index is 2.11. The lowest BCUT2D eigenvalue weighted by Gasteiger charge is -2.13. The van der Waals surface area contributed by atoms with Gasteiger partial charge in [0.05, 0.1) is 5.02 Å². The molecule has 0 bridgehead atoms. The molecular weight excluding hydrogens is 221 g/mol. The van der Waals surface area contributed by atoms with Gasteiger partial charge in [0.1, 0.15) is 11.1 Å². The number of pyridine rings is 1. The molecule has 0 unspecified atom stereocenters. The Morgan fingerprint density at radius 1 is 1.29 bits per heavy atom. The standard InChI is InChI=1S/C10H11Cl2NO/c11-8-5-6-13-10(9(8)12)14-7-3-1-2-4-7/h5-7H,1-4H2. The first kappa shape index (κ1) is 10.1. The highest BCUT2D eigenvalue weighted by Gasteiger charge is 2.18. The summed E-state index contributed by atoms with van der Waals surface area (Å²) in [5.41, 5.74) is 0. The Kier molecular flexibility index (Phi) is 3.14. The molecule has 0 spiro atoms. The van der Waals surface area contributed by atoms with Crippen LogP contribution in [-0.4, -0.2) is 11.1 Å². The van der Waals surface area contributed by atoms with Gasteiger partial charge in [0, 0.05) is 6.20 Å². The normalized spacial score (nSPS) is 17.3. The van der Waals surface area contributed by atoms with Gasteiger partial charge in [0.2, 0.25) is 5.88 Å². The van der Waals surface area contributed by atoms with E-state index in [1.54, 1.807) is 12.3 Å². The Bertz CT molecular complexity index is 324. The molecule has 0 aromatic carbocycles. The molecule has 1 heterocycles. The van der Waals surface area contributed by atoms with Crippen LogP contribution in [0.25, 0.3) is 0 Å². The maximum Gasteiger partial charge on any atom is 0.234 e. The van der Waals surface area contributed by atoms with Crippen molar-refractivity contribution in [1.82, 2.24) is 4.98 Å². The number of halogens is 2. The molecule has 1 aromatic rings. The van der Waals surface area contributed by atoms with E-state index in [1.165, 1.54) is 12.8 Å². The van der Waals surface area contributed by atoms with Crippen LogP contribution in [0.5, 0.6) is 5.88 Å². The maximum absolute atomic E-state index is 5.95. The largest absolute Gasteiger partial charge is 0.473 e. The van der Waals surface area contributed by atoms with Crippen molar-refractivity contribution in [1.29, 1.82) is 0 Å². The summed E-state index contributed by atoms with van der Waals surface area (Å²) in [6.45, 7) is 0. The molecule has 0 saturated heterocycles. The lowest BCUT2D eigenvalue weighted by atomic mass is 10.3. The van der Waals surface area contributed by atoms with Gasteiger partial charge >= 0.3 is 0 Å². The SMILES string of the molecule is Clc1ccnc(OC2CCCC2)c1Cl. The van der Waals surface area contributed by atoms with Gasteiger partial charge in [-0.15, -0.1) is 0 Å². The Labute approximate surface area is 93.2 Å². The van der Waals surface area contributed by atoms with Gasteiger partial charge in [0.15, 0.2) is 0 Å². The van der Waals surface area contributed by atoms with E-state index in [1.807, 2.05) is 0 Å². The first-order chi connectivity index (χ1) is 6.77. The van der Waals surface area contributed by atoms with Crippen molar-refractivity contribution >= 4 is 23.2 Å². The summed E-state index contributed by atoms with van der Waals surface area (Å²) in [5.74, 6) is 0.464. The average molecular weight is 232 g/mol. The molecule has 2 nitrogen and oxygen atoms in total. The molecule has 0 amide bonds. The highest BCUT2D eigenvalue weighted by molar-refractivity contribution is 6.42. The van der Waals surface area contributed by atoms with E-state index in [4.69, 9.17) is 27.9 Å². The van der Waals surface area contributed by atoms with Crippen LogP contribution in [0.3, 0.4) is 0 Å². The number of ether oxygens (including phenoxy) is 1. The van der Waals surface area contributed by atoms with Crippen LogP contribution in [0, 0.1) is 0 Å². The maximum atomic E-state index is 5.95. The van der Waals surface area contributed by atoms with Crippen LogP contribution in [-0.2, 0) is 0 Å². The van der Waals surface area contributed by atoms with E-state index in [0.29, 0.717) is 15.9 Å². The molecule has 1 aliphatic carbocycles. The van der Waals surface area contributed by atoms with E-state index in [0.717, 1.165) is 12.8 Å². The van der Waals surface area contributed by atoms with Crippen LogP contribution in [0.15, 0.2) is 12.3 Å². The lowest BCUT2D eigenvalue weighted by molar-refractivity contribution is 0.201. The first-order valence-corrected chi connectivity index (χ1v) is 5.49. The van der Waals surface area contributed by atoms with Crippen LogP contribution in [0.1, 0.15) is 25.7 Å². The molecule has 0 atom stereocenters. The molecule has 4 heteroatoms. The molecule has 0 aliphatic heterocycles. The van der Waals surface area contributed by atoms with Gasteiger partial charge in [-0.3, -0.25) is 0 Å². The monoisotopic (exact) mass is 231 g/mol. The molecule has 1 saturated carbocycles. The number of hydrogen-bond acceptors (Lipinski definition) is 2. The highest BCUT2D eigenvalue weighted by atomic mass is 35.5. The lowest BCUT2D eigenvalue weighted by Crippen LogP contribution is -2.12.